The van der Waals surface area contributed by atoms with E-state index in [-0.39, 0.29) is 5.92 Å². The molecule has 44 valence electrons. The molecular weight excluding hydrogens is 104 g/mol. The van der Waals surface area contributed by atoms with E-state index in [1.165, 1.54) is 0 Å². The second-order valence-corrected chi connectivity index (χ2v) is 1.84. The maximum absolute atomic E-state index is 10.3. The van der Waals surface area contributed by atoms with Crippen LogP contribution in [0.25, 0.3) is 0 Å². The Labute approximate surface area is 48.1 Å². The van der Waals surface area contributed by atoms with E-state index in [0.717, 1.165) is 0 Å². The van der Waals surface area contributed by atoms with Gasteiger partial charge in [-0.1, -0.05) is 0 Å². The predicted octanol–water partition coefficient (Wildman–Crippen LogP) is 0.736. The second kappa shape index (κ2) is 1.99. The number of carbonyl (C=O) groups is 1. The lowest BCUT2D eigenvalue weighted by Crippen LogP contribution is -1.71. The average Bonchev–Trinajstić information content (AvgIpc) is 2.42. The Morgan fingerprint density at radius 2 is 2.50 bits per heavy atom. The molecule has 1 unspecified atom stereocenters. The molecular formula is C6H8O2. The highest BCUT2D eigenvalue weighted by atomic mass is 16.5. The molecule has 0 aromatic rings. The van der Waals surface area contributed by atoms with Crippen molar-refractivity contribution in [2.24, 2.45) is 5.92 Å². The molecule has 1 fully saturated rings. The van der Waals surface area contributed by atoms with Gasteiger partial charge in [-0.15, -0.1) is 0 Å². The molecule has 1 rings (SSSR count). The molecule has 0 aromatic carbocycles. The number of ether oxygens (including phenoxy) is 1. The average molecular weight is 112 g/mol. The largest absolute Gasteiger partial charge is 0.505 e. The number of Topliss-reactive ketones (excluding diaryl/α,β-unsaturated/α-hetero) is 1. The Balaban J connectivity index is 2.21. The summed E-state index contributed by atoms with van der Waals surface area (Å²) in [6.45, 7) is 0. The summed E-state index contributed by atoms with van der Waals surface area (Å²) in [6.07, 6.45) is 4.04. The lowest BCUT2D eigenvalue weighted by molar-refractivity contribution is -0.110. The van der Waals surface area contributed by atoms with Gasteiger partial charge in [0, 0.05) is 12.3 Å². The molecule has 1 saturated carbocycles. The lowest BCUT2D eigenvalue weighted by Gasteiger charge is -1.80. The van der Waals surface area contributed by atoms with Gasteiger partial charge >= 0.3 is 0 Å². The molecule has 0 amide bonds. The number of hydrogen-bond donors (Lipinski definition) is 0. The van der Waals surface area contributed by atoms with Crippen LogP contribution in [0.3, 0.4) is 0 Å². The van der Waals surface area contributed by atoms with E-state index in [0.29, 0.717) is 12.2 Å². The maximum atomic E-state index is 10.3. The van der Waals surface area contributed by atoms with Gasteiger partial charge < -0.3 is 4.74 Å². The number of allylic oxidation sites excluding steroid dienone is 1. The van der Waals surface area contributed by atoms with E-state index < -0.39 is 0 Å². The molecule has 1 aliphatic carbocycles. The van der Waals surface area contributed by atoms with Gasteiger partial charge in [0.05, 0.1) is 13.4 Å². The van der Waals surface area contributed by atoms with Crippen molar-refractivity contribution in [3.05, 3.63) is 12.3 Å². The predicted molar refractivity (Wildman–Crippen MR) is 29.3 cm³/mol. The van der Waals surface area contributed by atoms with Crippen LogP contribution >= 0.6 is 0 Å². The van der Waals surface area contributed by atoms with Crippen molar-refractivity contribution in [2.75, 3.05) is 7.11 Å². The van der Waals surface area contributed by atoms with E-state index in [1.54, 1.807) is 19.4 Å². The van der Waals surface area contributed by atoms with Crippen LogP contribution in [0.2, 0.25) is 0 Å². The summed E-state index contributed by atoms with van der Waals surface area (Å²) in [6, 6.07) is 0. The molecule has 2 heteroatoms. The van der Waals surface area contributed by atoms with Crippen LogP contribution < -0.4 is 0 Å². The number of ketones is 1. The van der Waals surface area contributed by atoms with Crippen LogP contribution in [-0.2, 0) is 9.53 Å². The SMILES string of the molecule is CO/C=C/C1CC1=O. The zero-order chi connectivity index (χ0) is 5.98. The van der Waals surface area contributed by atoms with Gasteiger partial charge in [-0.2, -0.15) is 0 Å². The Bertz CT molecular complexity index is 126. The molecule has 2 nitrogen and oxygen atoms in total. The smallest absolute Gasteiger partial charge is 0.141 e. The van der Waals surface area contributed by atoms with Crippen molar-refractivity contribution in [3.8, 4) is 0 Å². The van der Waals surface area contributed by atoms with Crippen LogP contribution in [0.15, 0.2) is 12.3 Å². The van der Waals surface area contributed by atoms with E-state index in [9.17, 15) is 4.79 Å². The first-order valence-electron chi connectivity index (χ1n) is 2.57. The normalized spacial score (nSPS) is 26.6. The second-order valence-electron chi connectivity index (χ2n) is 1.84. The van der Waals surface area contributed by atoms with Crippen LogP contribution in [-0.4, -0.2) is 12.9 Å². The molecule has 0 N–H and O–H groups in total. The minimum absolute atomic E-state index is 0.176. The van der Waals surface area contributed by atoms with Crippen molar-refractivity contribution in [3.63, 3.8) is 0 Å². The Morgan fingerprint density at radius 3 is 2.88 bits per heavy atom. The Morgan fingerprint density at radius 1 is 1.88 bits per heavy atom. The van der Waals surface area contributed by atoms with Gasteiger partial charge in [-0.3, -0.25) is 4.79 Å². The fourth-order valence-electron chi connectivity index (χ4n) is 0.507. The monoisotopic (exact) mass is 112 g/mol. The highest BCUT2D eigenvalue weighted by Crippen LogP contribution is 2.24. The highest BCUT2D eigenvalue weighted by Gasteiger charge is 2.31. The first-order valence-corrected chi connectivity index (χ1v) is 2.57. The summed E-state index contributed by atoms with van der Waals surface area (Å²) in [5, 5.41) is 0. The fourth-order valence-corrected chi connectivity index (χ4v) is 0.507. The molecule has 0 bridgehead atoms. The number of methoxy groups -OCH3 is 1. The van der Waals surface area contributed by atoms with Gasteiger partial charge in [0.2, 0.25) is 0 Å². The number of carbonyl (C=O) groups excluding carboxylic acids is 1. The van der Waals surface area contributed by atoms with Gasteiger partial charge in [-0.25, -0.2) is 0 Å². The van der Waals surface area contributed by atoms with Crippen molar-refractivity contribution >= 4 is 5.78 Å². The standard InChI is InChI=1S/C6H8O2/c1-8-3-2-5-4-6(5)7/h2-3,5H,4H2,1H3/b3-2+. The van der Waals surface area contributed by atoms with Crippen LogP contribution in [0.1, 0.15) is 6.42 Å². The molecule has 0 spiro atoms. The van der Waals surface area contributed by atoms with E-state index in [2.05, 4.69) is 4.74 Å². The summed E-state index contributed by atoms with van der Waals surface area (Å²) in [5.74, 6) is 0.494. The van der Waals surface area contributed by atoms with Crippen molar-refractivity contribution in [1.29, 1.82) is 0 Å². The summed E-state index contributed by atoms with van der Waals surface area (Å²) in [7, 11) is 1.57. The molecule has 0 saturated heterocycles. The molecule has 0 aromatic heterocycles. The first kappa shape index (κ1) is 5.35. The summed E-state index contributed by atoms with van der Waals surface area (Å²) in [4.78, 5) is 10.3. The molecule has 1 aliphatic rings. The third-order valence-electron chi connectivity index (χ3n) is 1.12. The Hall–Kier alpha value is -0.790. The third-order valence-corrected chi connectivity index (χ3v) is 1.12. The topological polar surface area (TPSA) is 26.3 Å². The van der Waals surface area contributed by atoms with Gasteiger partial charge in [0.25, 0.3) is 0 Å². The maximum Gasteiger partial charge on any atom is 0.141 e. The molecule has 0 aliphatic heterocycles. The summed E-state index contributed by atoms with van der Waals surface area (Å²) in [5.41, 5.74) is 0. The van der Waals surface area contributed by atoms with Gasteiger partial charge in [0.15, 0.2) is 0 Å². The van der Waals surface area contributed by atoms with Gasteiger partial charge in [0.1, 0.15) is 5.78 Å². The Kier molecular flexibility index (Phi) is 1.33. The fraction of sp³-hybridized carbons (Fsp3) is 0.500. The van der Waals surface area contributed by atoms with Crippen molar-refractivity contribution < 1.29 is 9.53 Å². The molecule has 0 radical (unpaired) electrons. The zero-order valence-corrected chi connectivity index (χ0v) is 4.76. The summed E-state index contributed by atoms with van der Waals surface area (Å²) >= 11 is 0. The number of rotatable bonds is 2. The first-order chi connectivity index (χ1) is 3.84. The van der Waals surface area contributed by atoms with Crippen molar-refractivity contribution in [2.45, 2.75) is 6.42 Å². The van der Waals surface area contributed by atoms with Crippen LogP contribution in [0.5, 0.6) is 0 Å². The molecule has 1 atom stereocenters. The minimum Gasteiger partial charge on any atom is -0.505 e. The van der Waals surface area contributed by atoms with Crippen molar-refractivity contribution in [1.82, 2.24) is 0 Å². The third kappa shape index (κ3) is 1.09. The summed E-state index contributed by atoms with van der Waals surface area (Å²) < 4.78 is 4.61. The number of hydrogen-bond acceptors (Lipinski definition) is 2. The van der Waals surface area contributed by atoms with E-state index in [4.69, 9.17) is 0 Å². The minimum atomic E-state index is 0.176. The van der Waals surface area contributed by atoms with Gasteiger partial charge in [-0.05, 0) is 6.08 Å². The highest BCUT2D eigenvalue weighted by molar-refractivity contribution is 5.97. The zero-order valence-electron chi connectivity index (χ0n) is 4.76. The quantitative estimate of drug-likeness (QED) is 0.492. The molecule has 0 heterocycles. The van der Waals surface area contributed by atoms with Crippen LogP contribution in [0.4, 0.5) is 0 Å². The van der Waals surface area contributed by atoms with Crippen LogP contribution in [0, 0.1) is 5.92 Å². The molecule has 8 heavy (non-hydrogen) atoms. The van der Waals surface area contributed by atoms with E-state index >= 15 is 0 Å². The lowest BCUT2D eigenvalue weighted by atomic mass is 10.4. The van der Waals surface area contributed by atoms with E-state index in [1.807, 2.05) is 0 Å².